The molecule has 3 N–H and O–H groups in total. The summed E-state index contributed by atoms with van der Waals surface area (Å²) >= 11 is 0. The van der Waals surface area contributed by atoms with Crippen molar-refractivity contribution in [1.82, 2.24) is 5.32 Å². The highest BCUT2D eigenvalue weighted by Crippen LogP contribution is 2.12. The van der Waals surface area contributed by atoms with Crippen LogP contribution in [-0.4, -0.2) is 19.5 Å². The number of hydrogen-bond acceptors (Lipinski definition) is 2. The van der Waals surface area contributed by atoms with Crippen LogP contribution in [0, 0.1) is 11.7 Å². The third-order valence-electron chi connectivity index (χ3n) is 2.33. The molecule has 4 heteroatoms. The Hall–Kier alpha value is -1.42. The van der Waals surface area contributed by atoms with E-state index in [4.69, 9.17) is 5.73 Å². The Morgan fingerprint density at radius 2 is 2.20 bits per heavy atom. The van der Waals surface area contributed by atoms with Gasteiger partial charge in [0, 0.05) is 13.6 Å². The molecule has 1 aromatic rings. The number of rotatable bonds is 4. The maximum Gasteiger partial charge on any atom is 0.224 e. The summed E-state index contributed by atoms with van der Waals surface area (Å²) in [5, 5.41) is 2.51. The van der Waals surface area contributed by atoms with Crippen LogP contribution in [0.5, 0.6) is 0 Å². The Bertz CT molecular complexity index is 341. The minimum Gasteiger partial charge on any atom is -0.359 e. The predicted molar refractivity (Wildman–Crippen MR) is 56.7 cm³/mol. The monoisotopic (exact) mass is 210 g/mol. The third-order valence-corrected chi connectivity index (χ3v) is 2.33. The first-order chi connectivity index (χ1) is 7.19. The zero-order valence-electron chi connectivity index (χ0n) is 8.66. The van der Waals surface area contributed by atoms with Crippen molar-refractivity contribution >= 4 is 5.91 Å². The predicted octanol–water partition coefficient (Wildman–Crippen LogP) is 0.689. The SMILES string of the molecule is CNC(=O)[C@@H](CN)Cc1ccccc1F. The molecule has 0 unspecified atom stereocenters. The highest BCUT2D eigenvalue weighted by atomic mass is 19.1. The lowest BCUT2D eigenvalue weighted by molar-refractivity contribution is -0.124. The lowest BCUT2D eigenvalue weighted by Crippen LogP contribution is -2.34. The van der Waals surface area contributed by atoms with E-state index >= 15 is 0 Å². The molecule has 0 spiro atoms. The van der Waals surface area contributed by atoms with Crippen molar-refractivity contribution < 1.29 is 9.18 Å². The van der Waals surface area contributed by atoms with Gasteiger partial charge in [-0.05, 0) is 18.1 Å². The first-order valence-electron chi connectivity index (χ1n) is 4.84. The summed E-state index contributed by atoms with van der Waals surface area (Å²) in [6, 6.07) is 6.42. The molecule has 0 aromatic heterocycles. The van der Waals surface area contributed by atoms with Gasteiger partial charge in [-0.1, -0.05) is 18.2 Å². The van der Waals surface area contributed by atoms with Crippen LogP contribution in [0.25, 0.3) is 0 Å². The number of halogens is 1. The third kappa shape index (κ3) is 3.02. The molecule has 0 radical (unpaired) electrons. The molecule has 0 aliphatic heterocycles. The highest BCUT2D eigenvalue weighted by Gasteiger charge is 2.17. The summed E-state index contributed by atoms with van der Waals surface area (Å²) < 4.78 is 13.3. The summed E-state index contributed by atoms with van der Waals surface area (Å²) in [6.07, 6.45) is 0.336. The van der Waals surface area contributed by atoms with E-state index in [9.17, 15) is 9.18 Å². The van der Waals surface area contributed by atoms with E-state index in [0.29, 0.717) is 12.0 Å². The van der Waals surface area contributed by atoms with E-state index in [2.05, 4.69) is 5.32 Å². The van der Waals surface area contributed by atoms with Crippen LogP contribution in [-0.2, 0) is 11.2 Å². The zero-order valence-corrected chi connectivity index (χ0v) is 8.66. The van der Waals surface area contributed by atoms with E-state index in [1.54, 1.807) is 25.2 Å². The van der Waals surface area contributed by atoms with Crippen molar-refractivity contribution in [2.45, 2.75) is 6.42 Å². The van der Waals surface area contributed by atoms with Gasteiger partial charge in [0.05, 0.1) is 5.92 Å². The maximum atomic E-state index is 13.3. The van der Waals surface area contributed by atoms with E-state index < -0.39 is 0 Å². The van der Waals surface area contributed by atoms with Gasteiger partial charge in [0.2, 0.25) is 5.91 Å². The zero-order chi connectivity index (χ0) is 11.3. The summed E-state index contributed by atoms with van der Waals surface area (Å²) in [4.78, 5) is 11.3. The summed E-state index contributed by atoms with van der Waals surface area (Å²) in [6.45, 7) is 0.216. The lowest BCUT2D eigenvalue weighted by atomic mass is 9.98. The second-order valence-electron chi connectivity index (χ2n) is 3.34. The Balaban J connectivity index is 2.75. The van der Waals surface area contributed by atoms with Crippen LogP contribution in [0.2, 0.25) is 0 Å². The van der Waals surface area contributed by atoms with Gasteiger partial charge >= 0.3 is 0 Å². The van der Waals surface area contributed by atoms with Crippen molar-refractivity contribution in [3.8, 4) is 0 Å². The average molecular weight is 210 g/mol. The van der Waals surface area contributed by atoms with E-state index in [1.807, 2.05) is 0 Å². The highest BCUT2D eigenvalue weighted by molar-refractivity contribution is 5.78. The van der Waals surface area contributed by atoms with E-state index in [0.717, 1.165) is 0 Å². The quantitative estimate of drug-likeness (QED) is 0.768. The summed E-state index contributed by atoms with van der Waals surface area (Å²) in [7, 11) is 1.55. The molecule has 0 saturated carbocycles. The minimum absolute atomic E-state index is 0.152. The summed E-state index contributed by atoms with van der Waals surface area (Å²) in [5.74, 6) is -0.812. The second kappa shape index (κ2) is 5.46. The van der Waals surface area contributed by atoms with Crippen LogP contribution in [0.15, 0.2) is 24.3 Å². The molecule has 82 valence electrons. The molecule has 1 amide bonds. The Labute approximate surface area is 88.5 Å². The number of benzene rings is 1. The number of amides is 1. The number of nitrogens with two attached hydrogens (primary N) is 1. The molecule has 0 aliphatic rings. The van der Waals surface area contributed by atoms with Crippen LogP contribution >= 0.6 is 0 Å². The van der Waals surface area contributed by atoms with E-state index in [1.165, 1.54) is 6.07 Å². The minimum atomic E-state index is -0.369. The number of carbonyl (C=O) groups is 1. The maximum absolute atomic E-state index is 13.3. The van der Waals surface area contributed by atoms with Gasteiger partial charge in [-0.15, -0.1) is 0 Å². The summed E-state index contributed by atoms with van der Waals surface area (Å²) in [5.41, 5.74) is 5.99. The first kappa shape index (κ1) is 11.7. The molecule has 1 aromatic carbocycles. The van der Waals surface area contributed by atoms with Crippen molar-refractivity contribution in [2.24, 2.45) is 11.7 Å². The van der Waals surface area contributed by atoms with Gasteiger partial charge < -0.3 is 11.1 Å². The van der Waals surface area contributed by atoms with Gasteiger partial charge in [0.25, 0.3) is 0 Å². The molecule has 0 heterocycles. The van der Waals surface area contributed by atoms with Gasteiger partial charge in [-0.2, -0.15) is 0 Å². The smallest absolute Gasteiger partial charge is 0.224 e. The van der Waals surface area contributed by atoms with Crippen LogP contribution in [0.4, 0.5) is 4.39 Å². The van der Waals surface area contributed by atoms with Gasteiger partial charge in [-0.3, -0.25) is 4.79 Å². The molecule has 0 aliphatic carbocycles. The Kier molecular flexibility index (Phi) is 4.24. The Morgan fingerprint density at radius 3 is 2.73 bits per heavy atom. The van der Waals surface area contributed by atoms with E-state index in [-0.39, 0.29) is 24.2 Å². The van der Waals surface area contributed by atoms with Crippen molar-refractivity contribution in [3.05, 3.63) is 35.6 Å². The van der Waals surface area contributed by atoms with Crippen molar-refractivity contribution in [1.29, 1.82) is 0 Å². The molecule has 1 rings (SSSR count). The number of hydrogen-bond donors (Lipinski definition) is 2. The molecular weight excluding hydrogens is 195 g/mol. The molecule has 0 fully saturated rings. The molecule has 0 bridgehead atoms. The fourth-order valence-corrected chi connectivity index (χ4v) is 1.42. The second-order valence-corrected chi connectivity index (χ2v) is 3.34. The average Bonchev–Trinajstić information content (AvgIpc) is 2.27. The lowest BCUT2D eigenvalue weighted by Gasteiger charge is -2.13. The topological polar surface area (TPSA) is 55.1 Å². The molecular formula is C11H15FN2O. The van der Waals surface area contributed by atoms with Gasteiger partial charge in [-0.25, -0.2) is 4.39 Å². The van der Waals surface area contributed by atoms with Crippen molar-refractivity contribution in [2.75, 3.05) is 13.6 Å². The van der Waals surface area contributed by atoms with Crippen LogP contribution < -0.4 is 11.1 Å². The number of carbonyl (C=O) groups excluding carboxylic acids is 1. The molecule has 0 saturated heterocycles. The van der Waals surface area contributed by atoms with Crippen LogP contribution in [0.1, 0.15) is 5.56 Å². The largest absolute Gasteiger partial charge is 0.359 e. The van der Waals surface area contributed by atoms with Gasteiger partial charge in [0.1, 0.15) is 5.82 Å². The van der Waals surface area contributed by atoms with Crippen LogP contribution in [0.3, 0.4) is 0 Å². The number of nitrogens with one attached hydrogen (secondary N) is 1. The standard InChI is InChI=1S/C11H15FN2O/c1-14-11(15)9(7-13)6-8-4-2-3-5-10(8)12/h2-5,9H,6-7,13H2,1H3,(H,14,15)/t9-/m1/s1. The van der Waals surface area contributed by atoms with Crippen molar-refractivity contribution in [3.63, 3.8) is 0 Å². The molecule has 15 heavy (non-hydrogen) atoms. The molecule has 3 nitrogen and oxygen atoms in total. The fourth-order valence-electron chi connectivity index (χ4n) is 1.42. The Morgan fingerprint density at radius 1 is 1.53 bits per heavy atom. The van der Waals surface area contributed by atoms with Gasteiger partial charge in [0.15, 0.2) is 0 Å². The molecule has 1 atom stereocenters. The normalized spacial score (nSPS) is 12.2. The fraction of sp³-hybridized carbons (Fsp3) is 0.364. The first-order valence-corrected chi connectivity index (χ1v) is 4.84.